The van der Waals surface area contributed by atoms with Crippen LogP contribution in [0, 0.1) is 6.92 Å². The molecule has 0 aromatic carbocycles. The maximum absolute atomic E-state index is 12.9. The van der Waals surface area contributed by atoms with Crippen LogP contribution in [0.5, 0.6) is 5.75 Å². The van der Waals surface area contributed by atoms with E-state index < -0.39 is 0 Å². The number of nitrogens with zero attached hydrogens (tertiary/aromatic N) is 4. The minimum Gasteiger partial charge on any atom is -0.494 e. The third-order valence-corrected chi connectivity index (χ3v) is 5.55. The molecule has 0 saturated carbocycles. The number of aromatic nitrogens is 4. The summed E-state index contributed by atoms with van der Waals surface area (Å²) in [7, 11) is 1.54. The van der Waals surface area contributed by atoms with E-state index in [0.29, 0.717) is 32.7 Å². The molecule has 3 aromatic heterocycles. The van der Waals surface area contributed by atoms with E-state index in [1.54, 1.807) is 24.9 Å². The van der Waals surface area contributed by atoms with Gasteiger partial charge in [-0.25, -0.2) is 4.98 Å². The van der Waals surface area contributed by atoms with Crippen LogP contribution in [0.2, 0.25) is 5.15 Å². The molecule has 0 aliphatic carbocycles. The van der Waals surface area contributed by atoms with E-state index in [0.717, 1.165) is 22.9 Å². The van der Waals surface area contributed by atoms with Crippen LogP contribution in [0.3, 0.4) is 0 Å². The average Bonchev–Trinajstić information content (AvgIpc) is 3.13. The monoisotopic (exact) mass is 435 g/mol. The number of hydrogen-bond donors (Lipinski definition) is 1. The van der Waals surface area contributed by atoms with Crippen LogP contribution in [0.4, 0.5) is 5.13 Å². The number of amides is 1. The molecule has 3 aromatic rings. The Morgan fingerprint density at radius 3 is 2.82 bits per heavy atom. The van der Waals surface area contributed by atoms with Crippen molar-refractivity contribution in [2.24, 2.45) is 0 Å². The van der Waals surface area contributed by atoms with E-state index in [2.05, 4.69) is 25.5 Å². The Balaban J connectivity index is 1.93. The number of anilines is 1. The third-order valence-electron chi connectivity index (χ3n) is 3.84. The van der Waals surface area contributed by atoms with E-state index in [9.17, 15) is 4.79 Å². The molecular formula is C18H18ClN5O2S2. The van der Waals surface area contributed by atoms with Gasteiger partial charge in [-0.1, -0.05) is 22.9 Å². The highest BCUT2D eigenvalue weighted by molar-refractivity contribution is 7.98. The van der Waals surface area contributed by atoms with Gasteiger partial charge in [0, 0.05) is 29.4 Å². The van der Waals surface area contributed by atoms with Gasteiger partial charge in [-0.15, -0.1) is 10.2 Å². The van der Waals surface area contributed by atoms with Crippen LogP contribution in [0.15, 0.2) is 24.5 Å². The Hall–Kier alpha value is -2.23. The summed E-state index contributed by atoms with van der Waals surface area (Å²) in [5, 5.41) is 12.6. The van der Waals surface area contributed by atoms with Crippen molar-refractivity contribution in [2.45, 2.75) is 13.3 Å². The van der Waals surface area contributed by atoms with Crippen LogP contribution in [-0.4, -0.2) is 45.2 Å². The van der Waals surface area contributed by atoms with Crippen molar-refractivity contribution in [1.82, 2.24) is 20.2 Å². The number of methoxy groups -OCH3 is 1. The van der Waals surface area contributed by atoms with Gasteiger partial charge in [-0.3, -0.25) is 15.1 Å². The number of aryl methyl sites for hydroxylation is 2. The molecule has 0 spiro atoms. The smallest absolute Gasteiger partial charge is 0.259 e. The average molecular weight is 436 g/mol. The predicted molar refractivity (Wildman–Crippen MR) is 114 cm³/mol. The maximum Gasteiger partial charge on any atom is 0.259 e. The summed E-state index contributed by atoms with van der Waals surface area (Å²) in [6.45, 7) is 1.85. The van der Waals surface area contributed by atoms with Crippen LogP contribution in [0.1, 0.15) is 21.1 Å². The van der Waals surface area contributed by atoms with Gasteiger partial charge in [0.05, 0.1) is 18.9 Å². The maximum atomic E-state index is 12.9. The van der Waals surface area contributed by atoms with E-state index in [-0.39, 0.29) is 5.91 Å². The molecule has 1 amide bonds. The molecule has 0 bridgehead atoms. The Morgan fingerprint density at radius 1 is 1.25 bits per heavy atom. The van der Waals surface area contributed by atoms with Crippen LogP contribution < -0.4 is 10.1 Å². The van der Waals surface area contributed by atoms with Crippen molar-refractivity contribution < 1.29 is 9.53 Å². The molecule has 0 aliphatic heterocycles. The van der Waals surface area contributed by atoms with E-state index in [1.807, 2.05) is 19.2 Å². The first kappa shape index (κ1) is 20.5. The van der Waals surface area contributed by atoms with Gasteiger partial charge in [-0.05, 0) is 31.1 Å². The highest BCUT2D eigenvalue weighted by Crippen LogP contribution is 2.34. The number of ether oxygens (including phenoxy) is 1. The van der Waals surface area contributed by atoms with E-state index in [4.69, 9.17) is 16.3 Å². The number of hydrogen-bond acceptors (Lipinski definition) is 8. The lowest BCUT2D eigenvalue weighted by atomic mass is 10.0. The van der Waals surface area contributed by atoms with E-state index >= 15 is 0 Å². The Kier molecular flexibility index (Phi) is 6.82. The molecule has 0 atom stereocenters. The fourth-order valence-electron chi connectivity index (χ4n) is 2.51. The number of nitrogens with one attached hydrogen (secondary N) is 1. The molecule has 146 valence electrons. The van der Waals surface area contributed by atoms with Crippen molar-refractivity contribution in [3.8, 4) is 16.9 Å². The summed E-state index contributed by atoms with van der Waals surface area (Å²) in [6, 6.07) is 3.48. The molecule has 3 heterocycles. The van der Waals surface area contributed by atoms with Gasteiger partial charge in [-0.2, -0.15) is 11.8 Å². The fraction of sp³-hybridized carbons (Fsp3) is 0.278. The molecule has 0 radical (unpaired) electrons. The van der Waals surface area contributed by atoms with E-state index in [1.165, 1.54) is 23.7 Å². The predicted octanol–water partition coefficient (Wildman–Crippen LogP) is 4.12. The van der Waals surface area contributed by atoms with Crippen molar-refractivity contribution >= 4 is 45.7 Å². The number of halogens is 1. The van der Waals surface area contributed by atoms with Gasteiger partial charge >= 0.3 is 0 Å². The lowest BCUT2D eigenvalue weighted by Gasteiger charge is -2.13. The van der Waals surface area contributed by atoms with Crippen LogP contribution >= 0.6 is 34.7 Å². The minimum absolute atomic E-state index is 0.305. The zero-order valence-corrected chi connectivity index (χ0v) is 17.9. The second-order valence-corrected chi connectivity index (χ2v) is 8.21. The molecule has 10 heteroatoms. The highest BCUT2D eigenvalue weighted by Gasteiger charge is 2.19. The number of rotatable bonds is 7. The SMILES string of the molecule is COc1cnc(Cl)cc1-c1cc(C)ncc1C(=O)Nc1nnc(CCSC)s1. The summed E-state index contributed by atoms with van der Waals surface area (Å²) in [5.74, 6) is 1.14. The molecule has 0 saturated heterocycles. The topological polar surface area (TPSA) is 89.9 Å². The van der Waals surface area contributed by atoms with Gasteiger partial charge < -0.3 is 4.74 Å². The first-order valence-electron chi connectivity index (χ1n) is 8.31. The second-order valence-electron chi connectivity index (χ2n) is 5.78. The molecule has 1 N–H and O–H groups in total. The summed E-state index contributed by atoms with van der Waals surface area (Å²) < 4.78 is 5.39. The number of carbonyl (C=O) groups excluding carboxylic acids is 1. The van der Waals surface area contributed by atoms with Crippen molar-refractivity contribution in [3.05, 3.63) is 45.9 Å². The number of pyridine rings is 2. The molecule has 0 fully saturated rings. The summed E-state index contributed by atoms with van der Waals surface area (Å²) in [5.41, 5.74) is 2.46. The number of carbonyl (C=O) groups is 1. The van der Waals surface area contributed by atoms with Gasteiger partial charge in [0.1, 0.15) is 15.9 Å². The molecule has 3 rings (SSSR count). The minimum atomic E-state index is -0.329. The molecule has 0 unspecified atom stereocenters. The van der Waals surface area contributed by atoms with Crippen molar-refractivity contribution in [3.63, 3.8) is 0 Å². The molecule has 28 heavy (non-hydrogen) atoms. The standard InChI is InChI=1S/C18H18ClN5O2S2/c1-10-6-11(12-7-15(19)21-9-14(12)26-2)13(8-20-10)17(25)22-18-24-23-16(28-18)4-5-27-3/h6-9H,4-5H2,1-3H3,(H,22,24,25). The molecular weight excluding hydrogens is 418 g/mol. The van der Waals surface area contributed by atoms with Gasteiger partial charge in [0.15, 0.2) is 0 Å². The first-order valence-corrected chi connectivity index (χ1v) is 10.9. The van der Waals surface area contributed by atoms with Crippen molar-refractivity contribution in [2.75, 3.05) is 24.4 Å². The zero-order chi connectivity index (χ0) is 20.1. The van der Waals surface area contributed by atoms with Gasteiger partial charge in [0.25, 0.3) is 5.91 Å². The van der Waals surface area contributed by atoms with Crippen molar-refractivity contribution in [1.29, 1.82) is 0 Å². The Morgan fingerprint density at radius 2 is 2.07 bits per heavy atom. The molecule has 7 nitrogen and oxygen atoms in total. The van der Waals surface area contributed by atoms with Gasteiger partial charge in [0.2, 0.25) is 5.13 Å². The van der Waals surface area contributed by atoms with Crippen LogP contribution in [-0.2, 0) is 6.42 Å². The quantitative estimate of drug-likeness (QED) is 0.558. The Bertz CT molecular complexity index is 996. The zero-order valence-electron chi connectivity index (χ0n) is 15.5. The summed E-state index contributed by atoms with van der Waals surface area (Å²) >= 11 is 9.17. The fourth-order valence-corrected chi connectivity index (χ4v) is 3.93. The van der Waals surface area contributed by atoms with Crippen LogP contribution in [0.25, 0.3) is 11.1 Å². The lowest BCUT2D eigenvalue weighted by Crippen LogP contribution is -2.14. The first-order chi connectivity index (χ1) is 13.5. The third kappa shape index (κ3) is 4.78. The Labute approximate surface area is 175 Å². The summed E-state index contributed by atoms with van der Waals surface area (Å²) in [4.78, 5) is 21.2. The second kappa shape index (κ2) is 9.31. The molecule has 0 aliphatic rings. The normalized spacial score (nSPS) is 10.7. The highest BCUT2D eigenvalue weighted by atomic mass is 35.5. The lowest BCUT2D eigenvalue weighted by molar-refractivity contribution is 0.102. The summed E-state index contributed by atoms with van der Waals surface area (Å²) in [6.07, 6.45) is 5.91. The number of thioether (sulfide) groups is 1. The largest absolute Gasteiger partial charge is 0.494 e.